The van der Waals surface area contributed by atoms with Crippen molar-refractivity contribution in [1.82, 2.24) is 0 Å². The second-order valence-corrected chi connectivity index (χ2v) is 4.19. The lowest BCUT2D eigenvalue weighted by Gasteiger charge is -2.32. The fourth-order valence-electron chi connectivity index (χ4n) is 2.62. The maximum Gasteiger partial charge on any atom is 0.0234 e. The molecule has 3 aliphatic rings. The molecule has 0 amide bonds. The van der Waals surface area contributed by atoms with Gasteiger partial charge < -0.3 is 0 Å². The van der Waals surface area contributed by atoms with Gasteiger partial charge in [0, 0.05) is 5.92 Å². The molecule has 0 saturated heterocycles. The summed E-state index contributed by atoms with van der Waals surface area (Å²) in [6.45, 7) is 0. The van der Waals surface area contributed by atoms with Crippen LogP contribution in [-0.2, 0) is 0 Å². The maximum atomic E-state index is 2.41. The van der Waals surface area contributed by atoms with Gasteiger partial charge in [0.15, 0.2) is 0 Å². The molecule has 0 aromatic rings. The minimum Gasteiger partial charge on any atom is -0.0839 e. The van der Waals surface area contributed by atoms with Gasteiger partial charge in [0.25, 0.3) is 0 Å². The van der Waals surface area contributed by atoms with Crippen molar-refractivity contribution in [2.24, 2.45) is 11.8 Å². The van der Waals surface area contributed by atoms with Crippen LogP contribution in [0.3, 0.4) is 0 Å². The zero-order valence-corrected chi connectivity index (χ0v) is 8.19. The zero-order valence-electron chi connectivity index (χ0n) is 8.19. The molecule has 0 heteroatoms. The van der Waals surface area contributed by atoms with Gasteiger partial charge in [-0.15, -0.1) is 0 Å². The molecule has 70 valence electrons. The maximum absolute atomic E-state index is 2.41. The van der Waals surface area contributed by atoms with E-state index in [0.717, 1.165) is 5.92 Å². The monoisotopic (exact) mass is 182 g/mol. The highest BCUT2D eigenvalue weighted by molar-refractivity contribution is 5.45. The van der Waals surface area contributed by atoms with Crippen LogP contribution in [0, 0.1) is 11.8 Å². The summed E-state index contributed by atoms with van der Waals surface area (Å²) in [5.74, 6) is 1.34. The Hall–Kier alpha value is -1.30. The quantitative estimate of drug-likeness (QED) is 0.537. The highest BCUT2D eigenvalue weighted by Crippen LogP contribution is 2.40. The van der Waals surface area contributed by atoms with Crippen molar-refractivity contribution in [3.63, 3.8) is 0 Å². The van der Waals surface area contributed by atoms with Crippen LogP contribution < -0.4 is 0 Å². The average Bonchev–Trinajstić information content (AvgIpc) is 2.29. The van der Waals surface area contributed by atoms with E-state index in [4.69, 9.17) is 0 Å². The molecule has 14 heavy (non-hydrogen) atoms. The summed E-state index contributed by atoms with van der Waals surface area (Å²) in [6.07, 6.45) is 20.6. The molecule has 0 aromatic carbocycles. The molecule has 0 aromatic heterocycles. The normalized spacial score (nSPS) is 33.1. The van der Waals surface area contributed by atoms with Crippen molar-refractivity contribution in [2.75, 3.05) is 0 Å². The highest BCUT2D eigenvalue weighted by Gasteiger charge is 2.27. The third-order valence-corrected chi connectivity index (χ3v) is 3.38. The van der Waals surface area contributed by atoms with Crippen molar-refractivity contribution >= 4 is 0 Å². The Morgan fingerprint density at radius 3 is 3.07 bits per heavy atom. The van der Waals surface area contributed by atoms with Crippen LogP contribution in [-0.4, -0.2) is 0 Å². The summed E-state index contributed by atoms with van der Waals surface area (Å²) >= 11 is 0. The molecule has 0 radical (unpaired) electrons. The van der Waals surface area contributed by atoms with Gasteiger partial charge in [-0.3, -0.25) is 0 Å². The van der Waals surface area contributed by atoms with Crippen molar-refractivity contribution in [1.29, 1.82) is 0 Å². The summed E-state index contributed by atoms with van der Waals surface area (Å²) in [5.41, 5.74) is 3.11. The third-order valence-electron chi connectivity index (χ3n) is 3.38. The molecule has 0 saturated carbocycles. The van der Waals surface area contributed by atoms with Gasteiger partial charge in [-0.1, -0.05) is 54.2 Å². The van der Waals surface area contributed by atoms with Crippen LogP contribution in [0.25, 0.3) is 0 Å². The van der Waals surface area contributed by atoms with Crippen LogP contribution in [0.5, 0.6) is 0 Å². The molecule has 0 aliphatic heterocycles. The van der Waals surface area contributed by atoms with E-state index in [1.807, 2.05) is 0 Å². The first-order chi connectivity index (χ1) is 6.95. The fourth-order valence-corrected chi connectivity index (χ4v) is 2.62. The number of hydrogen-bond acceptors (Lipinski definition) is 0. The summed E-state index contributed by atoms with van der Waals surface area (Å²) in [4.78, 5) is 0. The van der Waals surface area contributed by atoms with Crippen molar-refractivity contribution in [3.8, 4) is 0 Å². The van der Waals surface area contributed by atoms with Gasteiger partial charge in [0.2, 0.25) is 0 Å². The Balaban J connectivity index is 2.05. The van der Waals surface area contributed by atoms with Gasteiger partial charge in [0.1, 0.15) is 0 Å². The standard InChI is InChI=1S/C14H14/c1-3-7-13-11(5-1)9-10-12-6-2-4-8-14(12)13/h1-5,7-9,12-13H,6,10H2. The zero-order chi connectivity index (χ0) is 9.38. The largest absolute Gasteiger partial charge is 0.0839 e. The van der Waals surface area contributed by atoms with Crippen LogP contribution in [0.2, 0.25) is 0 Å². The number of fused-ring (bicyclic) bond motifs is 3. The summed E-state index contributed by atoms with van der Waals surface area (Å²) in [7, 11) is 0. The van der Waals surface area contributed by atoms with Gasteiger partial charge in [-0.2, -0.15) is 0 Å². The van der Waals surface area contributed by atoms with E-state index in [-0.39, 0.29) is 0 Å². The van der Waals surface area contributed by atoms with Crippen LogP contribution in [0.4, 0.5) is 0 Å². The van der Waals surface area contributed by atoms with Crippen LogP contribution in [0.15, 0.2) is 59.8 Å². The minimum absolute atomic E-state index is 0.573. The second kappa shape index (κ2) is 3.13. The minimum atomic E-state index is 0.573. The predicted octanol–water partition coefficient (Wildman–Crippen LogP) is 3.56. The summed E-state index contributed by atoms with van der Waals surface area (Å²) < 4.78 is 0. The van der Waals surface area contributed by atoms with Crippen molar-refractivity contribution < 1.29 is 0 Å². The SMILES string of the molecule is C1=CCC2CC=C3C=CC=CC3C2=C1. The number of rotatable bonds is 0. The van der Waals surface area contributed by atoms with E-state index in [0.29, 0.717) is 5.92 Å². The van der Waals surface area contributed by atoms with E-state index in [1.165, 1.54) is 18.4 Å². The van der Waals surface area contributed by atoms with E-state index < -0.39 is 0 Å². The molecule has 3 rings (SSSR count). The number of hydrogen-bond donors (Lipinski definition) is 0. The average molecular weight is 182 g/mol. The Morgan fingerprint density at radius 2 is 2.07 bits per heavy atom. The predicted molar refractivity (Wildman–Crippen MR) is 59.8 cm³/mol. The van der Waals surface area contributed by atoms with Gasteiger partial charge >= 0.3 is 0 Å². The van der Waals surface area contributed by atoms with Crippen molar-refractivity contribution in [3.05, 3.63) is 59.8 Å². The van der Waals surface area contributed by atoms with Gasteiger partial charge in [-0.25, -0.2) is 0 Å². The van der Waals surface area contributed by atoms with E-state index in [2.05, 4.69) is 48.6 Å². The second-order valence-electron chi connectivity index (χ2n) is 4.19. The molecule has 0 fully saturated rings. The summed E-state index contributed by atoms with van der Waals surface area (Å²) in [5, 5.41) is 0. The molecule has 0 N–H and O–H groups in total. The summed E-state index contributed by atoms with van der Waals surface area (Å²) in [6, 6.07) is 0. The Labute approximate surface area is 85.0 Å². The first-order valence-electron chi connectivity index (χ1n) is 5.37. The lowest BCUT2D eigenvalue weighted by Crippen LogP contribution is -2.19. The topological polar surface area (TPSA) is 0 Å². The Morgan fingerprint density at radius 1 is 1.07 bits per heavy atom. The molecule has 0 bridgehead atoms. The molecule has 0 spiro atoms. The third kappa shape index (κ3) is 1.14. The van der Waals surface area contributed by atoms with Crippen molar-refractivity contribution in [2.45, 2.75) is 12.8 Å². The van der Waals surface area contributed by atoms with Gasteiger partial charge in [-0.05, 0) is 24.3 Å². The van der Waals surface area contributed by atoms with Gasteiger partial charge in [0.05, 0.1) is 0 Å². The first-order valence-corrected chi connectivity index (χ1v) is 5.37. The smallest absolute Gasteiger partial charge is 0.0234 e. The molecule has 2 atom stereocenters. The molecule has 3 aliphatic carbocycles. The molecular weight excluding hydrogens is 168 g/mol. The molecule has 0 nitrogen and oxygen atoms in total. The molecule has 2 unspecified atom stereocenters. The Bertz CT molecular complexity index is 388. The molecule has 0 heterocycles. The first kappa shape index (κ1) is 8.05. The lowest BCUT2D eigenvalue weighted by molar-refractivity contribution is 0.553. The van der Waals surface area contributed by atoms with E-state index in [9.17, 15) is 0 Å². The van der Waals surface area contributed by atoms with Crippen LogP contribution in [0.1, 0.15) is 12.8 Å². The van der Waals surface area contributed by atoms with Crippen LogP contribution >= 0.6 is 0 Å². The highest BCUT2D eigenvalue weighted by atomic mass is 14.3. The van der Waals surface area contributed by atoms with E-state index >= 15 is 0 Å². The fraction of sp³-hybridized carbons (Fsp3) is 0.286. The lowest BCUT2D eigenvalue weighted by atomic mass is 9.72. The van der Waals surface area contributed by atoms with E-state index in [1.54, 1.807) is 5.57 Å². The Kier molecular flexibility index (Phi) is 1.80. The molecular formula is C14H14. The number of allylic oxidation sites excluding steroid dienone is 10.